The number of nitrogens with zero attached hydrogens (tertiary/aromatic N) is 1. The lowest BCUT2D eigenvalue weighted by molar-refractivity contribution is 0.590. The maximum atomic E-state index is 5.64. The van der Waals surface area contributed by atoms with Gasteiger partial charge in [-0.15, -0.1) is 0 Å². The Morgan fingerprint density at radius 1 is 1.35 bits per heavy atom. The summed E-state index contributed by atoms with van der Waals surface area (Å²) >= 11 is 0. The molecule has 1 atom stereocenters. The van der Waals surface area contributed by atoms with Gasteiger partial charge < -0.3 is 5.73 Å². The van der Waals surface area contributed by atoms with Crippen molar-refractivity contribution in [2.24, 2.45) is 0 Å². The number of aromatic nitrogens is 2. The number of nitrogens with one attached hydrogen (secondary N) is 1. The van der Waals surface area contributed by atoms with Crippen molar-refractivity contribution in [3.63, 3.8) is 0 Å². The van der Waals surface area contributed by atoms with Gasteiger partial charge >= 0.3 is 0 Å². The number of hydrogen-bond donors (Lipinski definition) is 2. The smallest absolute Gasteiger partial charge is 0.145 e. The predicted molar refractivity (Wildman–Crippen MR) is 69.8 cm³/mol. The first-order valence-electron chi connectivity index (χ1n) is 6.18. The lowest BCUT2D eigenvalue weighted by atomic mass is 9.83. The van der Waals surface area contributed by atoms with Gasteiger partial charge in [0.15, 0.2) is 0 Å². The monoisotopic (exact) mass is 227 g/mol. The van der Waals surface area contributed by atoms with Gasteiger partial charge in [0.25, 0.3) is 0 Å². The molecule has 0 amide bonds. The van der Waals surface area contributed by atoms with Crippen molar-refractivity contribution in [2.45, 2.75) is 32.1 Å². The fraction of sp³-hybridized carbons (Fsp3) is 0.357. The van der Waals surface area contributed by atoms with E-state index in [4.69, 9.17) is 5.73 Å². The highest BCUT2D eigenvalue weighted by Crippen LogP contribution is 2.33. The highest BCUT2D eigenvalue weighted by molar-refractivity contribution is 5.64. The van der Waals surface area contributed by atoms with Crippen LogP contribution in [0, 0.1) is 0 Å². The standard InChI is InChI=1S/C14H17N3/c1-9-3-2-4-10-5-6-11(7-12(9)10)13-8-14(15)17-16-13/h5-9H,2-4H2,1H3,(H3,15,16,17). The third-order valence-corrected chi connectivity index (χ3v) is 3.67. The van der Waals surface area contributed by atoms with Crippen LogP contribution in [0.4, 0.5) is 5.82 Å². The molecule has 2 aromatic rings. The van der Waals surface area contributed by atoms with E-state index >= 15 is 0 Å². The van der Waals surface area contributed by atoms with E-state index in [-0.39, 0.29) is 0 Å². The van der Waals surface area contributed by atoms with Crippen LogP contribution in [-0.2, 0) is 6.42 Å². The Bertz CT molecular complexity index is 542. The molecule has 17 heavy (non-hydrogen) atoms. The molecule has 1 heterocycles. The first kappa shape index (κ1) is 10.4. The van der Waals surface area contributed by atoms with Gasteiger partial charge in [-0.3, -0.25) is 5.10 Å². The van der Waals surface area contributed by atoms with E-state index in [2.05, 4.69) is 35.3 Å². The van der Waals surface area contributed by atoms with Crippen LogP contribution >= 0.6 is 0 Å². The van der Waals surface area contributed by atoms with Gasteiger partial charge in [0.05, 0.1) is 5.69 Å². The number of hydrogen-bond acceptors (Lipinski definition) is 2. The minimum atomic E-state index is 0.547. The van der Waals surface area contributed by atoms with Crippen LogP contribution in [0.25, 0.3) is 11.3 Å². The Labute approximate surface area is 101 Å². The molecule has 1 aromatic carbocycles. The molecule has 1 aromatic heterocycles. The van der Waals surface area contributed by atoms with E-state index in [1.54, 1.807) is 0 Å². The zero-order valence-electron chi connectivity index (χ0n) is 10.0. The van der Waals surface area contributed by atoms with E-state index in [9.17, 15) is 0 Å². The summed E-state index contributed by atoms with van der Waals surface area (Å²) in [6.07, 6.45) is 3.82. The number of benzene rings is 1. The molecule has 3 nitrogen and oxygen atoms in total. The summed E-state index contributed by atoms with van der Waals surface area (Å²) in [6.45, 7) is 2.31. The number of rotatable bonds is 1. The highest BCUT2D eigenvalue weighted by Gasteiger charge is 2.17. The normalized spacial score (nSPS) is 19.0. The lowest BCUT2D eigenvalue weighted by Crippen LogP contribution is -2.06. The summed E-state index contributed by atoms with van der Waals surface area (Å²) in [6, 6.07) is 8.57. The first-order valence-corrected chi connectivity index (χ1v) is 6.18. The largest absolute Gasteiger partial charge is 0.382 e. The van der Waals surface area contributed by atoms with Gasteiger partial charge in [0.2, 0.25) is 0 Å². The number of anilines is 1. The summed E-state index contributed by atoms with van der Waals surface area (Å²) in [5.41, 5.74) is 10.8. The zero-order valence-corrected chi connectivity index (χ0v) is 10.0. The molecule has 0 fully saturated rings. The van der Waals surface area contributed by atoms with Crippen LogP contribution in [0.2, 0.25) is 0 Å². The molecule has 0 saturated carbocycles. The molecule has 3 rings (SSSR count). The molecule has 88 valence electrons. The lowest BCUT2D eigenvalue weighted by Gasteiger charge is -2.22. The molecule has 3 N–H and O–H groups in total. The number of fused-ring (bicyclic) bond motifs is 1. The van der Waals surface area contributed by atoms with Gasteiger partial charge in [-0.1, -0.05) is 19.1 Å². The summed E-state index contributed by atoms with van der Waals surface area (Å²) < 4.78 is 0. The summed E-state index contributed by atoms with van der Waals surface area (Å²) in [5, 5.41) is 6.95. The molecule has 0 bridgehead atoms. The summed E-state index contributed by atoms with van der Waals surface area (Å²) in [4.78, 5) is 0. The third kappa shape index (κ3) is 1.82. The number of nitrogens with two attached hydrogens (primary N) is 1. The molecule has 1 aliphatic rings. The van der Waals surface area contributed by atoms with Crippen molar-refractivity contribution in [3.05, 3.63) is 35.4 Å². The van der Waals surface area contributed by atoms with E-state index in [0.29, 0.717) is 11.7 Å². The molecule has 0 radical (unpaired) electrons. The maximum absolute atomic E-state index is 5.64. The highest BCUT2D eigenvalue weighted by atomic mass is 15.2. The third-order valence-electron chi connectivity index (χ3n) is 3.67. The van der Waals surface area contributed by atoms with Crippen LogP contribution in [0.5, 0.6) is 0 Å². The molecule has 3 heteroatoms. The molecular weight excluding hydrogens is 210 g/mol. The van der Waals surface area contributed by atoms with Crippen molar-refractivity contribution in [3.8, 4) is 11.3 Å². The zero-order chi connectivity index (χ0) is 11.8. The van der Waals surface area contributed by atoms with Gasteiger partial charge in [-0.25, -0.2) is 0 Å². The molecule has 0 saturated heterocycles. The van der Waals surface area contributed by atoms with Gasteiger partial charge in [-0.2, -0.15) is 5.10 Å². The fourth-order valence-corrected chi connectivity index (χ4v) is 2.69. The summed E-state index contributed by atoms with van der Waals surface area (Å²) in [5.74, 6) is 1.21. The molecule has 0 aliphatic heterocycles. The number of aryl methyl sites for hydroxylation is 1. The first-order chi connectivity index (χ1) is 8.24. The SMILES string of the molecule is CC1CCCc2ccc(-c3cc(N)n[nH]3)cc21. The number of H-pyrrole nitrogens is 1. The van der Waals surface area contributed by atoms with E-state index in [1.165, 1.54) is 36.0 Å². The van der Waals surface area contributed by atoms with Crippen LogP contribution < -0.4 is 5.73 Å². The fourth-order valence-electron chi connectivity index (χ4n) is 2.69. The molecule has 0 spiro atoms. The summed E-state index contributed by atoms with van der Waals surface area (Å²) in [7, 11) is 0. The second-order valence-corrected chi connectivity index (χ2v) is 4.91. The van der Waals surface area contributed by atoms with Crippen LogP contribution in [0.15, 0.2) is 24.3 Å². The number of nitrogen functional groups attached to an aromatic ring is 1. The Morgan fingerprint density at radius 2 is 2.24 bits per heavy atom. The minimum Gasteiger partial charge on any atom is -0.382 e. The average Bonchev–Trinajstić information content (AvgIpc) is 2.76. The predicted octanol–water partition coefficient (Wildman–Crippen LogP) is 3.10. The minimum absolute atomic E-state index is 0.547. The quantitative estimate of drug-likeness (QED) is 0.786. The van der Waals surface area contributed by atoms with Crippen LogP contribution in [0.3, 0.4) is 0 Å². The Kier molecular flexibility index (Phi) is 2.39. The maximum Gasteiger partial charge on any atom is 0.145 e. The molecule has 1 aliphatic carbocycles. The van der Waals surface area contributed by atoms with Crippen molar-refractivity contribution in [1.82, 2.24) is 10.2 Å². The van der Waals surface area contributed by atoms with Gasteiger partial charge in [-0.05, 0) is 47.9 Å². The number of aromatic amines is 1. The van der Waals surface area contributed by atoms with Crippen molar-refractivity contribution in [2.75, 3.05) is 5.73 Å². The van der Waals surface area contributed by atoms with E-state index < -0.39 is 0 Å². The van der Waals surface area contributed by atoms with Gasteiger partial charge in [0, 0.05) is 6.07 Å². The van der Waals surface area contributed by atoms with Gasteiger partial charge in [0.1, 0.15) is 5.82 Å². The Morgan fingerprint density at radius 3 is 3.00 bits per heavy atom. The topological polar surface area (TPSA) is 54.7 Å². The van der Waals surface area contributed by atoms with Crippen molar-refractivity contribution >= 4 is 5.82 Å². The van der Waals surface area contributed by atoms with Crippen molar-refractivity contribution in [1.29, 1.82) is 0 Å². The van der Waals surface area contributed by atoms with E-state index in [0.717, 1.165) is 5.69 Å². The van der Waals surface area contributed by atoms with Crippen molar-refractivity contribution < 1.29 is 0 Å². The Balaban J connectivity index is 2.05. The van der Waals surface area contributed by atoms with Crippen LogP contribution in [0.1, 0.15) is 36.8 Å². The van der Waals surface area contributed by atoms with Crippen LogP contribution in [-0.4, -0.2) is 10.2 Å². The molecule has 1 unspecified atom stereocenters. The van der Waals surface area contributed by atoms with E-state index in [1.807, 2.05) is 6.07 Å². The molecular formula is C14H17N3. The second kappa shape index (κ2) is 3.91. The average molecular weight is 227 g/mol. The Hall–Kier alpha value is -1.77. The second-order valence-electron chi connectivity index (χ2n) is 4.91.